The van der Waals surface area contributed by atoms with Crippen LogP contribution in [0.25, 0.3) is 0 Å². The number of hydrogen-bond acceptors (Lipinski definition) is 3. The van der Waals surface area contributed by atoms with Gasteiger partial charge in [-0.3, -0.25) is 9.59 Å². The zero-order chi connectivity index (χ0) is 12.1. The molecule has 1 amide bonds. The van der Waals surface area contributed by atoms with E-state index in [1.807, 2.05) is 0 Å². The van der Waals surface area contributed by atoms with Gasteiger partial charge < -0.3 is 10.1 Å². The summed E-state index contributed by atoms with van der Waals surface area (Å²) in [6, 6.07) is 5.31. The number of hydrogen-bond donors (Lipinski definition) is 1. The molecule has 0 saturated heterocycles. The van der Waals surface area contributed by atoms with Gasteiger partial charge in [0.25, 0.3) is 5.91 Å². The van der Waals surface area contributed by atoms with E-state index in [4.69, 9.17) is 0 Å². The van der Waals surface area contributed by atoms with E-state index in [2.05, 4.69) is 10.1 Å². The van der Waals surface area contributed by atoms with Gasteiger partial charge in [0.05, 0.1) is 0 Å². The predicted molar refractivity (Wildman–Crippen MR) is 56.3 cm³/mol. The molecular weight excluding hydrogens is 213 g/mol. The molecule has 0 aromatic heterocycles. The highest BCUT2D eigenvalue weighted by atomic mass is 19.1. The summed E-state index contributed by atoms with van der Waals surface area (Å²) < 4.78 is 17.3. The van der Waals surface area contributed by atoms with E-state index in [-0.39, 0.29) is 5.82 Å². The monoisotopic (exact) mass is 225 g/mol. The molecule has 0 aliphatic rings. The Balaban J connectivity index is 2.57. The van der Waals surface area contributed by atoms with Crippen molar-refractivity contribution in [1.82, 2.24) is 0 Å². The van der Waals surface area contributed by atoms with Gasteiger partial charge in [-0.25, -0.2) is 4.39 Å². The van der Waals surface area contributed by atoms with Crippen LogP contribution in [0, 0.1) is 5.82 Å². The van der Waals surface area contributed by atoms with Gasteiger partial charge in [0.1, 0.15) is 5.82 Å². The van der Waals surface area contributed by atoms with Crippen LogP contribution in [0.3, 0.4) is 0 Å². The number of benzene rings is 1. The van der Waals surface area contributed by atoms with Gasteiger partial charge in [0, 0.05) is 12.6 Å². The largest absolute Gasteiger partial charge is 0.453 e. The third kappa shape index (κ3) is 3.68. The lowest BCUT2D eigenvalue weighted by Crippen LogP contribution is -2.29. The molecule has 0 spiro atoms. The average Bonchev–Trinajstić information content (AvgIpc) is 2.20. The first-order valence-corrected chi connectivity index (χ1v) is 4.72. The van der Waals surface area contributed by atoms with E-state index in [9.17, 15) is 14.0 Å². The molecule has 0 radical (unpaired) electrons. The average molecular weight is 225 g/mol. The Morgan fingerprint density at radius 3 is 2.38 bits per heavy atom. The van der Waals surface area contributed by atoms with Crippen molar-refractivity contribution in [3.8, 4) is 0 Å². The molecule has 0 heterocycles. The van der Waals surface area contributed by atoms with Gasteiger partial charge in [0.2, 0.25) is 0 Å². The smallest absolute Gasteiger partial charge is 0.303 e. The number of nitrogens with one attached hydrogen (secondary N) is 1. The van der Waals surface area contributed by atoms with Gasteiger partial charge in [-0.05, 0) is 31.2 Å². The topological polar surface area (TPSA) is 55.4 Å². The molecule has 5 heteroatoms. The normalized spacial score (nSPS) is 11.7. The first-order valence-electron chi connectivity index (χ1n) is 4.72. The third-order valence-electron chi connectivity index (χ3n) is 1.82. The predicted octanol–water partition coefficient (Wildman–Crippen LogP) is 1.72. The highest BCUT2D eigenvalue weighted by Gasteiger charge is 2.15. The molecule has 0 saturated carbocycles. The number of esters is 1. The number of ether oxygens (including phenoxy) is 1. The van der Waals surface area contributed by atoms with Crippen molar-refractivity contribution in [1.29, 1.82) is 0 Å². The number of carbonyl (C=O) groups excluding carboxylic acids is 2. The van der Waals surface area contributed by atoms with Crippen molar-refractivity contribution >= 4 is 17.6 Å². The zero-order valence-electron chi connectivity index (χ0n) is 8.99. The van der Waals surface area contributed by atoms with Crippen LogP contribution in [0.4, 0.5) is 10.1 Å². The van der Waals surface area contributed by atoms with Gasteiger partial charge >= 0.3 is 5.97 Å². The van der Waals surface area contributed by atoms with E-state index in [0.717, 1.165) is 0 Å². The SMILES string of the molecule is CC(=O)O[C@H](C)C(=O)Nc1ccc(F)cc1. The molecule has 0 unspecified atom stereocenters. The number of halogens is 1. The van der Waals surface area contributed by atoms with Gasteiger partial charge in [-0.15, -0.1) is 0 Å². The molecule has 1 N–H and O–H groups in total. The quantitative estimate of drug-likeness (QED) is 0.797. The minimum Gasteiger partial charge on any atom is -0.453 e. The van der Waals surface area contributed by atoms with Crippen molar-refractivity contribution in [2.24, 2.45) is 0 Å². The fourth-order valence-corrected chi connectivity index (χ4v) is 1.08. The maximum Gasteiger partial charge on any atom is 0.303 e. The summed E-state index contributed by atoms with van der Waals surface area (Å²) in [5.74, 6) is -1.37. The number of rotatable bonds is 3. The van der Waals surface area contributed by atoms with Crippen LogP contribution in [-0.2, 0) is 14.3 Å². The summed E-state index contributed by atoms with van der Waals surface area (Å²) in [4.78, 5) is 22.1. The minimum absolute atomic E-state index is 0.383. The summed E-state index contributed by atoms with van der Waals surface area (Å²) in [5, 5.41) is 2.49. The zero-order valence-corrected chi connectivity index (χ0v) is 8.99. The van der Waals surface area contributed by atoms with E-state index < -0.39 is 18.0 Å². The Hall–Kier alpha value is -1.91. The van der Waals surface area contributed by atoms with Gasteiger partial charge in [-0.2, -0.15) is 0 Å². The molecule has 1 aromatic rings. The lowest BCUT2D eigenvalue weighted by molar-refractivity contribution is -0.150. The van der Waals surface area contributed by atoms with Crippen molar-refractivity contribution in [3.05, 3.63) is 30.1 Å². The molecule has 1 aromatic carbocycles. The molecule has 1 atom stereocenters. The van der Waals surface area contributed by atoms with Gasteiger partial charge in [-0.1, -0.05) is 0 Å². The van der Waals surface area contributed by atoms with Crippen molar-refractivity contribution < 1.29 is 18.7 Å². The van der Waals surface area contributed by atoms with E-state index in [0.29, 0.717) is 5.69 Å². The van der Waals surface area contributed by atoms with E-state index in [1.165, 1.54) is 38.1 Å². The Morgan fingerprint density at radius 1 is 1.31 bits per heavy atom. The Kier molecular flexibility index (Phi) is 3.99. The van der Waals surface area contributed by atoms with Crippen LogP contribution in [-0.4, -0.2) is 18.0 Å². The summed E-state index contributed by atoms with van der Waals surface area (Å²) in [6.07, 6.45) is -0.873. The lowest BCUT2D eigenvalue weighted by atomic mass is 10.3. The second-order valence-corrected chi connectivity index (χ2v) is 3.25. The Morgan fingerprint density at radius 2 is 1.88 bits per heavy atom. The molecule has 16 heavy (non-hydrogen) atoms. The van der Waals surface area contributed by atoms with E-state index in [1.54, 1.807) is 0 Å². The second-order valence-electron chi connectivity index (χ2n) is 3.25. The van der Waals surface area contributed by atoms with E-state index >= 15 is 0 Å². The number of carbonyl (C=O) groups is 2. The maximum absolute atomic E-state index is 12.6. The fraction of sp³-hybridized carbons (Fsp3) is 0.273. The molecule has 0 bridgehead atoms. The van der Waals surface area contributed by atoms with Crippen molar-refractivity contribution in [2.45, 2.75) is 20.0 Å². The number of anilines is 1. The van der Waals surface area contributed by atoms with Crippen LogP contribution < -0.4 is 5.32 Å². The number of amides is 1. The van der Waals surface area contributed by atoms with Crippen LogP contribution in [0.15, 0.2) is 24.3 Å². The molecular formula is C11H12FNO3. The van der Waals surface area contributed by atoms with Gasteiger partial charge in [0.15, 0.2) is 6.10 Å². The van der Waals surface area contributed by atoms with Crippen LogP contribution in [0.1, 0.15) is 13.8 Å². The highest BCUT2D eigenvalue weighted by Crippen LogP contribution is 2.09. The lowest BCUT2D eigenvalue weighted by Gasteiger charge is -2.11. The van der Waals surface area contributed by atoms with Crippen LogP contribution >= 0.6 is 0 Å². The Labute approximate surface area is 92.4 Å². The molecule has 4 nitrogen and oxygen atoms in total. The molecule has 86 valence electrons. The maximum atomic E-state index is 12.6. The Bertz CT molecular complexity index is 389. The summed E-state index contributed by atoms with van der Waals surface area (Å²) in [6.45, 7) is 2.68. The van der Waals surface area contributed by atoms with Crippen molar-refractivity contribution in [2.75, 3.05) is 5.32 Å². The minimum atomic E-state index is -0.873. The third-order valence-corrected chi connectivity index (χ3v) is 1.82. The summed E-state index contributed by atoms with van der Waals surface area (Å²) >= 11 is 0. The molecule has 0 aliphatic heterocycles. The first kappa shape index (κ1) is 12.2. The summed E-state index contributed by atoms with van der Waals surface area (Å²) in [5.41, 5.74) is 0.449. The standard InChI is InChI=1S/C11H12FNO3/c1-7(16-8(2)14)11(15)13-10-5-3-9(12)4-6-10/h3-7H,1-2H3,(H,13,15)/t7-/m1/s1. The summed E-state index contributed by atoms with van der Waals surface area (Å²) in [7, 11) is 0. The molecule has 1 rings (SSSR count). The molecule has 0 aliphatic carbocycles. The second kappa shape index (κ2) is 5.25. The highest BCUT2D eigenvalue weighted by molar-refractivity contribution is 5.94. The molecule has 0 fully saturated rings. The fourth-order valence-electron chi connectivity index (χ4n) is 1.08. The van der Waals surface area contributed by atoms with Crippen LogP contribution in [0.5, 0.6) is 0 Å². The van der Waals surface area contributed by atoms with Crippen molar-refractivity contribution in [3.63, 3.8) is 0 Å². The first-order chi connectivity index (χ1) is 7.49. The van der Waals surface area contributed by atoms with Crippen LogP contribution in [0.2, 0.25) is 0 Å².